The van der Waals surface area contributed by atoms with Crippen molar-refractivity contribution in [2.24, 2.45) is 11.8 Å². The van der Waals surface area contributed by atoms with Crippen LogP contribution in [-0.2, 0) is 4.74 Å². The molecule has 2 rings (SSSR count). The van der Waals surface area contributed by atoms with Gasteiger partial charge >= 0.3 is 12.1 Å². The van der Waals surface area contributed by atoms with Gasteiger partial charge in [0, 0.05) is 32.7 Å². The summed E-state index contributed by atoms with van der Waals surface area (Å²) >= 11 is 0. The second-order valence-electron chi connectivity index (χ2n) is 8.29. The van der Waals surface area contributed by atoms with Crippen molar-refractivity contribution in [2.75, 3.05) is 26.7 Å². The molecule has 6 heteroatoms. The minimum atomic E-state index is -0.483. The molecule has 3 amide bonds. The maximum Gasteiger partial charge on any atom is 0.410 e. The quantitative estimate of drug-likeness (QED) is 0.798. The molecule has 2 aliphatic heterocycles. The molecule has 2 aliphatic rings. The molecule has 138 valence electrons. The lowest BCUT2D eigenvalue weighted by molar-refractivity contribution is -0.0113. The zero-order valence-electron chi connectivity index (χ0n) is 15.8. The summed E-state index contributed by atoms with van der Waals surface area (Å²) in [7, 11) is 1.67. The second kappa shape index (κ2) is 7.62. The van der Waals surface area contributed by atoms with Crippen molar-refractivity contribution in [1.29, 1.82) is 0 Å². The van der Waals surface area contributed by atoms with Gasteiger partial charge in [-0.3, -0.25) is 0 Å². The van der Waals surface area contributed by atoms with Gasteiger partial charge in [-0.25, -0.2) is 9.59 Å². The fourth-order valence-corrected chi connectivity index (χ4v) is 3.86. The van der Waals surface area contributed by atoms with Crippen LogP contribution in [0.3, 0.4) is 0 Å². The average molecular weight is 339 g/mol. The van der Waals surface area contributed by atoms with Crippen molar-refractivity contribution in [3.05, 3.63) is 0 Å². The van der Waals surface area contributed by atoms with Crippen LogP contribution in [0.15, 0.2) is 0 Å². The van der Waals surface area contributed by atoms with E-state index in [4.69, 9.17) is 4.74 Å². The fourth-order valence-electron chi connectivity index (χ4n) is 3.86. The molecular weight excluding hydrogens is 306 g/mol. The van der Waals surface area contributed by atoms with Gasteiger partial charge in [0.05, 0.1) is 0 Å². The summed E-state index contributed by atoms with van der Waals surface area (Å²) in [5.74, 6) is 0.823. The lowest BCUT2D eigenvalue weighted by Crippen LogP contribution is -2.55. The van der Waals surface area contributed by atoms with E-state index in [9.17, 15) is 9.59 Å². The number of rotatable bonds is 1. The molecule has 0 spiro atoms. The predicted octanol–water partition coefficient (Wildman–Crippen LogP) is 3.07. The summed E-state index contributed by atoms with van der Waals surface area (Å²) in [6, 6.07) is 0.149. The minimum absolute atomic E-state index is 0.0207. The Bertz CT molecular complexity index is 461. The molecule has 2 fully saturated rings. The standard InChI is InChI=1S/C18H33N3O3/c1-13-8-9-15(21(11-13)17(23)24-18(2,3)4)14-7-6-10-20(12-14)16(22)19-5/h13-15H,6-12H2,1-5H3,(H,19,22)/t13?,14?,15-/m0/s1. The topological polar surface area (TPSA) is 61.9 Å². The van der Waals surface area contributed by atoms with Crippen molar-refractivity contribution in [1.82, 2.24) is 15.1 Å². The predicted molar refractivity (Wildman–Crippen MR) is 93.9 cm³/mol. The number of hydrogen-bond donors (Lipinski definition) is 1. The first-order chi connectivity index (χ1) is 11.2. The highest BCUT2D eigenvalue weighted by Crippen LogP contribution is 2.32. The van der Waals surface area contributed by atoms with Gasteiger partial charge in [-0.05, 0) is 58.3 Å². The van der Waals surface area contributed by atoms with Crippen LogP contribution in [0.2, 0.25) is 0 Å². The van der Waals surface area contributed by atoms with Crippen LogP contribution in [0.5, 0.6) is 0 Å². The van der Waals surface area contributed by atoms with E-state index in [0.29, 0.717) is 11.8 Å². The van der Waals surface area contributed by atoms with Crippen LogP contribution in [0.4, 0.5) is 9.59 Å². The van der Waals surface area contributed by atoms with Gasteiger partial charge in [-0.15, -0.1) is 0 Å². The lowest BCUT2D eigenvalue weighted by Gasteiger charge is -2.45. The Kier molecular flexibility index (Phi) is 5.99. The molecule has 0 radical (unpaired) electrons. The lowest BCUT2D eigenvalue weighted by atomic mass is 9.82. The van der Waals surface area contributed by atoms with E-state index in [1.807, 2.05) is 30.6 Å². The van der Waals surface area contributed by atoms with Crippen LogP contribution in [0.25, 0.3) is 0 Å². The number of carbonyl (C=O) groups is 2. The molecule has 1 N–H and O–H groups in total. The molecule has 0 aromatic heterocycles. The van der Waals surface area contributed by atoms with E-state index in [0.717, 1.165) is 45.3 Å². The summed E-state index contributed by atoms with van der Waals surface area (Å²) in [5.41, 5.74) is -0.483. The van der Waals surface area contributed by atoms with Crippen LogP contribution >= 0.6 is 0 Å². The molecule has 6 nitrogen and oxygen atoms in total. The molecule has 0 aliphatic carbocycles. The van der Waals surface area contributed by atoms with Crippen molar-refractivity contribution in [3.63, 3.8) is 0 Å². The molecule has 0 aromatic rings. The number of piperidine rings is 2. The zero-order chi connectivity index (χ0) is 17.9. The minimum Gasteiger partial charge on any atom is -0.444 e. The van der Waals surface area contributed by atoms with Gasteiger partial charge in [0.15, 0.2) is 0 Å². The molecule has 2 unspecified atom stereocenters. The Labute approximate surface area is 145 Å². The van der Waals surface area contributed by atoms with Crippen molar-refractivity contribution in [3.8, 4) is 0 Å². The van der Waals surface area contributed by atoms with Crippen molar-refractivity contribution in [2.45, 2.75) is 65.0 Å². The van der Waals surface area contributed by atoms with Gasteiger partial charge in [0.25, 0.3) is 0 Å². The maximum atomic E-state index is 12.7. The highest BCUT2D eigenvalue weighted by atomic mass is 16.6. The van der Waals surface area contributed by atoms with E-state index < -0.39 is 5.60 Å². The van der Waals surface area contributed by atoms with Gasteiger partial charge in [0.1, 0.15) is 5.60 Å². The van der Waals surface area contributed by atoms with Crippen LogP contribution in [0.1, 0.15) is 53.4 Å². The molecule has 2 heterocycles. The fraction of sp³-hybridized carbons (Fsp3) is 0.889. The van der Waals surface area contributed by atoms with E-state index >= 15 is 0 Å². The summed E-state index contributed by atoms with van der Waals surface area (Å²) in [6.45, 7) is 10.2. The first kappa shape index (κ1) is 18.9. The summed E-state index contributed by atoms with van der Waals surface area (Å²) < 4.78 is 5.64. The van der Waals surface area contributed by atoms with Crippen LogP contribution in [0, 0.1) is 11.8 Å². The monoisotopic (exact) mass is 339 g/mol. The highest BCUT2D eigenvalue weighted by Gasteiger charge is 2.39. The first-order valence-electron chi connectivity index (χ1n) is 9.17. The smallest absolute Gasteiger partial charge is 0.410 e. The molecular formula is C18H33N3O3. The Morgan fingerprint density at radius 1 is 1.12 bits per heavy atom. The van der Waals surface area contributed by atoms with Crippen molar-refractivity contribution >= 4 is 12.1 Å². The highest BCUT2D eigenvalue weighted by molar-refractivity contribution is 5.74. The van der Waals surface area contributed by atoms with E-state index in [1.165, 1.54) is 0 Å². The number of amides is 3. The first-order valence-corrected chi connectivity index (χ1v) is 9.17. The van der Waals surface area contributed by atoms with Crippen LogP contribution < -0.4 is 5.32 Å². The summed E-state index contributed by atoms with van der Waals surface area (Å²) in [5, 5.41) is 2.71. The van der Waals surface area contributed by atoms with Gasteiger partial charge < -0.3 is 19.9 Å². The van der Waals surface area contributed by atoms with E-state index in [1.54, 1.807) is 7.05 Å². The van der Waals surface area contributed by atoms with Crippen LogP contribution in [-0.4, -0.2) is 60.2 Å². The zero-order valence-corrected chi connectivity index (χ0v) is 15.8. The summed E-state index contributed by atoms with van der Waals surface area (Å²) in [6.07, 6.45) is 3.96. The number of carbonyl (C=O) groups excluding carboxylic acids is 2. The van der Waals surface area contributed by atoms with Gasteiger partial charge in [-0.1, -0.05) is 6.92 Å². The average Bonchev–Trinajstić information content (AvgIpc) is 2.52. The Morgan fingerprint density at radius 3 is 2.46 bits per heavy atom. The normalized spacial score (nSPS) is 28.5. The number of urea groups is 1. The van der Waals surface area contributed by atoms with Gasteiger partial charge in [-0.2, -0.15) is 0 Å². The SMILES string of the molecule is CNC(=O)N1CCCC([C@@H]2CCC(C)CN2C(=O)OC(C)(C)C)C1. The Balaban J connectivity index is 2.10. The third-order valence-electron chi connectivity index (χ3n) is 5.00. The second-order valence-corrected chi connectivity index (χ2v) is 8.29. The Morgan fingerprint density at radius 2 is 1.83 bits per heavy atom. The molecule has 2 saturated heterocycles. The van der Waals surface area contributed by atoms with E-state index in [-0.39, 0.29) is 18.2 Å². The molecule has 0 saturated carbocycles. The molecule has 3 atom stereocenters. The summed E-state index contributed by atoms with van der Waals surface area (Å²) in [4.78, 5) is 28.5. The largest absolute Gasteiger partial charge is 0.444 e. The van der Waals surface area contributed by atoms with E-state index in [2.05, 4.69) is 12.2 Å². The Hall–Kier alpha value is -1.46. The third kappa shape index (κ3) is 4.77. The number of nitrogens with one attached hydrogen (secondary N) is 1. The number of hydrogen-bond acceptors (Lipinski definition) is 3. The molecule has 24 heavy (non-hydrogen) atoms. The number of nitrogens with zero attached hydrogens (tertiary/aromatic N) is 2. The third-order valence-corrected chi connectivity index (χ3v) is 5.00. The number of ether oxygens (including phenoxy) is 1. The van der Waals surface area contributed by atoms with Gasteiger partial charge in [0.2, 0.25) is 0 Å². The molecule has 0 bridgehead atoms. The maximum absolute atomic E-state index is 12.7. The molecule has 0 aromatic carbocycles. The number of likely N-dealkylation sites (tertiary alicyclic amines) is 2. The van der Waals surface area contributed by atoms with Crippen molar-refractivity contribution < 1.29 is 14.3 Å².